The van der Waals surface area contributed by atoms with E-state index in [0.717, 1.165) is 19.4 Å². The van der Waals surface area contributed by atoms with E-state index in [1.165, 1.54) is 35.4 Å². The van der Waals surface area contributed by atoms with E-state index < -0.39 is 29.3 Å². The average molecular weight is 606 g/mol. The van der Waals surface area contributed by atoms with Crippen molar-refractivity contribution in [3.8, 4) is 35.4 Å². The Morgan fingerprint density at radius 2 is 2.11 bits per heavy atom. The fourth-order valence-corrected chi connectivity index (χ4v) is 6.44. The van der Waals surface area contributed by atoms with Crippen molar-refractivity contribution in [3.63, 3.8) is 0 Å². The number of anilines is 1. The quantitative estimate of drug-likeness (QED) is 0.225. The molecular weight excluding hydrogens is 575 g/mol. The highest BCUT2D eigenvalue weighted by molar-refractivity contribution is 6.03. The smallest absolute Gasteiger partial charge is 0.325 e. The number of ether oxygens (including phenoxy) is 2. The lowest BCUT2D eigenvalue weighted by Crippen LogP contribution is -2.43. The number of rotatable bonds is 8. The van der Waals surface area contributed by atoms with Crippen molar-refractivity contribution in [3.05, 3.63) is 47.7 Å². The second kappa shape index (κ2) is 11.5. The Bertz CT molecular complexity index is 1830. The van der Waals surface area contributed by atoms with Crippen LogP contribution in [0.2, 0.25) is 0 Å². The second-order valence-corrected chi connectivity index (χ2v) is 11.2. The molecule has 6 rings (SSSR count). The van der Waals surface area contributed by atoms with E-state index in [1.807, 2.05) is 0 Å². The van der Waals surface area contributed by atoms with Gasteiger partial charge in [0.15, 0.2) is 5.82 Å². The topological polar surface area (TPSA) is 101 Å². The lowest BCUT2D eigenvalue weighted by atomic mass is 9.95. The van der Waals surface area contributed by atoms with Gasteiger partial charge in [0.05, 0.1) is 23.1 Å². The van der Waals surface area contributed by atoms with Gasteiger partial charge in [0.1, 0.15) is 47.9 Å². The van der Waals surface area contributed by atoms with Crippen LogP contribution in [0.1, 0.15) is 31.7 Å². The largest absolute Gasteiger partial charge is 0.508 e. The van der Waals surface area contributed by atoms with E-state index in [0.29, 0.717) is 18.4 Å². The first kappa shape index (κ1) is 29.4. The number of aromatic hydroxyl groups is 1. The van der Waals surface area contributed by atoms with Gasteiger partial charge in [0.25, 0.3) is 0 Å². The first-order valence-corrected chi connectivity index (χ1v) is 14.3. The molecule has 0 spiro atoms. The normalized spacial score (nSPS) is 19.7. The van der Waals surface area contributed by atoms with E-state index in [2.05, 4.69) is 25.8 Å². The van der Waals surface area contributed by atoms with Crippen LogP contribution in [0.4, 0.5) is 19.0 Å². The molecule has 0 amide bonds. The van der Waals surface area contributed by atoms with Crippen molar-refractivity contribution in [2.45, 2.75) is 37.9 Å². The highest BCUT2D eigenvalue weighted by Gasteiger charge is 2.49. The summed E-state index contributed by atoms with van der Waals surface area (Å²) in [7, 11) is 1.58. The number of carbonyl (C=O) groups is 1. The van der Waals surface area contributed by atoms with Crippen molar-refractivity contribution in [2.75, 3.05) is 44.8 Å². The predicted octanol–water partition coefficient (Wildman–Crippen LogP) is 4.76. The standard InChI is InChI=1S/C32H30F3N5O4/c1-4-21-24(34)8-7-18-11-20(41)12-22(26(18)21)28-27(35)29-23(14-36-28)30(39(3)16-25(42)43-5-2)38-31(37-29)44-17-32-9-6-10-40(32)15-19(33)13-32/h1,7-8,11-12,14,19,41H,5-6,9-10,13,15-17H2,2-3H3/t19-,32+/m1/s1. The lowest BCUT2D eigenvalue weighted by molar-refractivity contribution is -0.141. The summed E-state index contributed by atoms with van der Waals surface area (Å²) >= 11 is 0. The number of halogens is 3. The van der Waals surface area contributed by atoms with Crippen molar-refractivity contribution >= 4 is 33.5 Å². The number of terminal acetylenes is 1. The zero-order valence-corrected chi connectivity index (χ0v) is 24.2. The average Bonchev–Trinajstić information content (AvgIpc) is 3.51. The molecule has 2 fully saturated rings. The molecule has 44 heavy (non-hydrogen) atoms. The van der Waals surface area contributed by atoms with Crippen molar-refractivity contribution < 1.29 is 32.5 Å². The molecule has 2 aromatic carbocycles. The number of hydrogen-bond acceptors (Lipinski definition) is 9. The van der Waals surface area contributed by atoms with Gasteiger partial charge in [-0.25, -0.2) is 13.2 Å². The Morgan fingerprint density at radius 3 is 2.89 bits per heavy atom. The van der Waals surface area contributed by atoms with Crippen LogP contribution in [0.5, 0.6) is 11.8 Å². The summed E-state index contributed by atoms with van der Waals surface area (Å²) < 4.78 is 56.8. The van der Waals surface area contributed by atoms with Crippen molar-refractivity contribution in [1.82, 2.24) is 19.9 Å². The van der Waals surface area contributed by atoms with E-state index in [-0.39, 0.29) is 70.4 Å². The molecule has 0 aliphatic carbocycles. The van der Waals surface area contributed by atoms with Crippen LogP contribution in [0.25, 0.3) is 32.9 Å². The number of benzene rings is 2. The Balaban J connectivity index is 1.49. The van der Waals surface area contributed by atoms with Crippen LogP contribution in [0.3, 0.4) is 0 Å². The second-order valence-electron chi connectivity index (χ2n) is 11.2. The SMILES string of the molecule is C#Cc1c(F)ccc2cc(O)cc(-c3ncc4c(N(C)CC(=O)OCC)nc(OC[C@@]56CCCN5C[C@H](F)C6)nc4c3F)c12. The van der Waals surface area contributed by atoms with Crippen LogP contribution in [0, 0.1) is 24.0 Å². The Hall–Kier alpha value is -4.63. The maximum atomic E-state index is 16.6. The molecule has 1 N–H and O–H groups in total. The van der Waals surface area contributed by atoms with E-state index in [4.69, 9.17) is 15.9 Å². The van der Waals surface area contributed by atoms with Crippen LogP contribution in [0.15, 0.2) is 30.5 Å². The molecule has 0 bridgehead atoms. The van der Waals surface area contributed by atoms with Gasteiger partial charge in [-0.2, -0.15) is 9.97 Å². The number of phenols is 1. The molecule has 2 aliphatic heterocycles. The van der Waals surface area contributed by atoms with Crippen LogP contribution >= 0.6 is 0 Å². The van der Waals surface area contributed by atoms with Gasteiger partial charge in [-0.1, -0.05) is 12.0 Å². The molecule has 0 saturated carbocycles. The number of pyridine rings is 1. The van der Waals surface area contributed by atoms with E-state index in [1.54, 1.807) is 14.0 Å². The number of alkyl halides is 1. The van der Waals surface area contributed by atoms with E-state index >= 15 is 4.39 Å². The zero-order chi connectivity index (χ0) is 31.2. The minimum atomic E-state index is -0.969. The molecule has 2 aliphatic rings. The number of hydrogen-bond donors (Lipinski definition) is 1. The molecular formula is C32H30F3N5O4. The number of aromatic nitrogens is 3. The lowest BCUT2D eigenvalue weighted by Gasteiger charge is -2.31. The maximum Gasteiger partial charge on any atom is 0.325 e. The minimum Gasteiger partial charge on any atom is -0.508 e. The maximum absolute atomic E-state index is 16.6. The summed E-state index contributed by atoms with van der Waals surface area (Å²) in [5.74, 6) is 0.166. The molecule has 9 nitrogen and oxygen atoms in total. The minimum absolute atomic E-state index is 0.0646. The highest BCUT2D eigenvalue weighted by Crippen LogP contribution is 2.41. The zero-order valence-electron chi connectivity index (χ0n) is 24.2. The van der Waals surface area contributed by atoms with Gasteiger partial charge in [0, 0.05) is 37.2 Å². The number of likely N-dealkylation sites (N-methyl/N-ethyl adjacent to an activating group) is 1. The summed E-state index contributed by atoms with van der Waals surface area (Å²) in [5.41, 5.74) is -0.970. The summed E-state index contributed by atoms with van der Waals surface area (Å²) in [6.07, 6.45) is 7.96. The summed E-state index contributed by atoms with van der Waals surface area (Å²) in [6, 6.07) is 5.09. The number of phenolic OH excluding ortho intramolecular Hbond substituents is 1. The highest BCUT2D eigenvalue weighted by atomic mass is 19.1. The molecule has 2 saturated heterocycles. The van der Waals surface area contributed by atoms with Gasteiger partial charge in [-0.15, -0.1) is 6.42 Å². The van der Waals surface area contributed by atoms with Crippen LogP contribution in [-0.4, -0.2) is 82.5 Å². The van der Waals surface area contributed by atoms with E-state index in [9.17, 15) is 18.7 Å². The van der Waals surface area contributed by atoms with Gasteiger partial charge in [0.2, 0.25) is 0 Å². The third kappa shape index (κ3) is 5.11. The molecule has 12 heteroatoms. The molecule has 2 atom stereocenters. The third-order valence-electron chi connectivity index (χ3n) is 8.36. The Morgan fingerprint density at radius 1 is 1.30 bits per heavy atom. The Kier molecular flexibility index (Phi) is 7.67. The van der Waals surface area contributed by atoms with Gasteiger partial charge in [-0.05, 0) is 49.9 Å². The summed E-state index contributed by atoms with van der Waals surface area (Å²) in [6.45, 7) is 2.85. The number of esters is 1. The van der Waals surface area contributed by atoms with Crippen molar-refractivity contribution in [2.24, 2.45) is 0 Å². The summed E-state index contributed by atoms with van der Waals surface area (Å²) in [5, 5.41) is 11.2. The Labute approximate surface area is 251 Å². The predicted molar refractivity (Wildman–Crippen MR) is 158 cm³/mol. The van der Waals surface area contributed by atoms with Crippen LogP contribution < -0.4 is 9.64 Å². The molecule has 228 valence electrons. The first-order chi connectivity index (χ1) is 21.1. The van der Waals surface area contributed by atoms with Crippen LogP contribution in [-0.2, 0) is 9.53 Å². The van der Waals surface area contributed by atoms with Gasteiger partial charge < -0.3 is 19.5 Å². The molecule has 2 aromatic heterocycles. The van der Waals surface area contributed by atoms with Gasteiger partial charge >= 0.3 is 12.0 Å². The number of fused-ring (bicyclic) bond motifs is 3. The first-order valence-electron chi connectivity index (χ1n) is 14.3. The molecule has 0 radical (unpaired) electrons. The summed E-state index contributed by atoms with van der Waals surface area (Å²) in [4.78, 5) is 29.1. The fourth-order valence-electron chi connectivity index (χ4n) is 6.44. The number of nitrogens with zero attached hydrogens (tertiary/aromatic N) is 5. The molecule has 0 unspecified atom stereocenters. The molecule has 4 heterocycles. The van der Waals surface area contributed by atoms with Crippen molar-refractivity contribution in [1.29, 1.82) is 0 Å². The fraction of sp³-hybridized carbons (Fsp3) is 0.375. The third-order valence-corrected chi connectivity index (χ3v) is 8.36. The number of carbonyl (C=O) groups excluding carboxylic acids is 1. The molecule has 4 aromatic rings. The van der Waals surface area contributed by atoms with Gasteiger partial charge in [-0.3, -0.25) is 14.7 Å². The monoisotopic (exact) mass is 605 g/mol.